The van der Waals surface area contributed by atoms with Gasteiger partial charge in [-0.3, -0.25) is 0 Å². The number of methoxy groups -OCH3 is 2. The molecule has 0 atom stereocenters. The first-order valence-corrected chi connectivity index (χ1v) is 7.42. The van der Waals surface area contributed by atoms with E-state index in [0.29, 0.717) is 23.7 Å². The summed E-state index contributed by atoms with van der Waals surface area (Å²) >= 11 is 0. The number of anilines is 2. The van der Waals surface area contributed by atoms with Crippen LogP contribution in [0.5, 0.6) is 11.5 Å². The number of carbonyl (C=O) groups is 1. The number of hydrogen-bond donors (Lipinski definition) is 2. The number of hydrogen-bond acceptors (Lipinski definition) is 5. The average Bonchev–Trinajstić information content (AvgIpc) is 2.60. The van der Waals surface area contributed by atoms with Crippen molar-refractivity contribution in [2.75, 3.05) is 38.5 Å². The van der Waals surface area contributed by atoms with Gasteiger partial charge in [0.05, 0.1) is 26.1 Å². The zero-order valence-corrected chi connectivity index (χ0v) is 14.3. The molecule has 2 amide bonds. The fourth-order valence-electron chi connectivity index (χ4n) is 2.10. The lowest BCUT2D eigenvalue weighted by molar-refractivity contribution is 0.251. The smallest absolute Gasteiger partial charge is 0.319 e. The molecule has 0 saturated carbocycles. The Kier molecular flexibility index (Phi) is 5.83. The Balaban J connectivity index is 1.95. The Morgan fingerprint density at radius 1 is 1.17 bits per heavy atom. The van der Waals surface area contributed by atoms with E-state index in [9.17, 15) is 4.79 Å². The maximum Gasteiger partial charge on any atom is 0.319 e. The third-order valence-corrected chi connectivity index (χ3v) is 3.39. The molecule has 24 heavy (non-hydrogen) atoms. The van der Waals surface area contributed by atoms with Crippen molar-refractivity contribution >= 4 is 17.5 Å². The molecule has 0 radical (unpaired) electrons. The second-order valence-electron chi connectivity index (χ2n) is 5.28. The Labute approximate surface area is 141 Å². The second-order valence-corrected chi connectivity index (χ2v) is 5.28. The lowest BCUT2D eigenvalue weighted by Crippen LogP contribution is -2.28. The van der Waals surface area contributed by atoms with Crippen LogP contribution in [0.1, 0.15) is 5.56 Å². The molecule has 2 rings (SSSR count). The highest BCUT2D eigenvalue weighted by atomic mass is 16.5. The largest absolute Gasteiger partial charge is 0.497 e. The van der Waals surface area contributed by atoms with E-state index < -0.39 is 0 Å². The maximum atomic E-state index is 12.0. The summed E-state index contributed by atoms with van der Waals surface area (Å²) in [4.78, 5) is 18.2. The number of nitrogens with one attached hydrogen (secondary N) is 2. The molecule has 1 aromatic heterocycles. The molecule has 0 aliphatic heterocycles. The molecular weight excluding hydrogens is 308 g/mol. The predicted octanol–water partition coefficient (Wildman–Crippen LogP) is 2.49. The first kappa shape index (κ1) is 17.4. The van der Waals surface area contributed by atoms with Crippen LogP contribution in [0.4, 0.5) is 16.3 Å². The number of benzene rings is 1. The lowest BCUT2D eigenvalue weighted by atomic mass is 10.2. The minimum absolute atomic E-state index is 0.315. The Bertz CT molecular complexity index is 687. The number of pyridine rings is 1. The van der Waals surface area contributed by atoms with Gasteiger partial charge in [-0.2, -0.15) is 0 Å². The van der Waals surface area contributed by atoms with E-state index in [2.05, 4.69) is 15.6 Å². The third kappa shape index (κ3) is 4.52. The summed E-state index contributed by atoms with van der Waals surface area (Å²) in [7, 11) is 6.99. The zero-order valence-electron chi connectivity index (χ0n) is 14.3. The summed E-state index contributed by atoms with van der Waals surface area (Å²) in [5.41, 5.74) is 1.45. The summed E-state index contributed by atoms with van der Waals surface area (Å²) in [6.07, 6.45) is 1.61. The topological polar surface area (TPSA) is 75.7 Å². The normalized spacial score (nSPS) is 10.0. The first-order chi connectivity index (χ1) is 11.5. The summed E-state index contributed by atoms with van der Waals surface area (Å²) in [6.45, 7) is 0.315. The number of carbonyl (C=O) groups excluding carboxylic acids is 1. The van der Waals surface area contributed by atoms with E-state index in [1.807, 2.05) is 31.1 Å². The molecule has 1 aromatic carbocycles. The zero-order chi connectivity index (χ0) is 17.5. The van der Waals surface area contributed by atoms with Crippen LogP contribution in [-0.2, 0) is 6.54 Å². The number of rotatable bonds is 6. The molecule has 2 N–H and O–H groups in total. The van der Waals surface area contributed by atoms with Crippen molar-refractivity contribution in [1.29, 1.82) is 0 Å². The molecule has 7 nitrogen and oxygen atoms in total. The van der Waals surface area contributed by atoms with Gasteiger partial charge in [-0.05, 0) is 30.3 Å². The molecule has 0 spiro atoms. The van der Waals surface area contributed by atoms with Gasteiger partial charge < -0.3 is 25.0 Å². The maximum absolute atomic E-state index is 12.0. The lowest BCUT2D eigenvalue weighted by Gasteiger charge is -2.13. The van der Waals surface area contributed by atoms with E-state index in [4.69, 9.17) is 9.47 Å². The minimum Gasteiger partial charge on any atom is -0.497 e. The molecule has 2 aromatic rings. The summed E-state index contributed by atoms with van der Waals surface area (Å²) in [5.74, 6) is 2.21. The number of ether oxygens (including phenoxy) is 2. The first-order valence-electron chi connectivity index (χ1n) is 7.42. The molecule has 0 unspecified atom stereocenters. The summed E-state index contributed by atoms with van der Waals surface area (Å²) in [6, 6.07) is 8.75. The van der Waals surface area contributed by atoms with E-state index >= 15 is 0 Å². The number of aromatic nitrogens is 1. The molecular formula is C17H22N4O3. The van der Waals surface area contributed by atoms with Crippen LogP contribution in [0.3, 0.4) is 0 Å². The van der Waals surface area contributed by atoms with Gasteiger partial charge >= 0.3 is 6.03 Å². The predicted molar refractivity (Wildman–Crippen MR) is 94.0 cm³/mol. The van der Waals surface area contributed by atoms with Crippen LogP contribution in [-0.4, -0.2) is 39.3 Å². The van der Waals surface area contributed by atoms with Crippen LogP contribution in [0.15, 0.2) is 36.5 Å². The highest BCUT2D eigenvalue weighted by molar-refractivity contribution is 5.89. The van der Waals surface area contributed by atoms with Crippen molar-refractivity contribution in [3.8, 4) is 11.5 Å². The van der Waals surface area contributed by atoms with E-state index in [1.165, 1.54) is 0 Å². The fourth-order valence-corrected chi connectivity index (χ4v) is 2.10. The Morgan fingerprint density at radius 2 is 1.96 bits per heavy atom. The molecule has 0 bridgehead atoms. The molecule has 0 aliphatic rings. The van der Waals surface area contributed by atoms with E-state index in [0.717, 1.165) is 11.4 Å². The third-order valence-electron chi connectivity index (χ3n) is 3.39. The number of nitrogens with zero attached hydrogens (tertiary/aromatic N) is 2. The van der Waals surface area contributed by atoms with Gasteiger partial charge in [0.15, 0.2) is 0 Å². The number of urea groups is 1. The van der Waals surface area contributed by atoms with E-state index in [1.54, 1.807) is 38.6 Å². The van der Waals surface area contributed by atoms with Crippen molar-refractivity contribution in [2.24, 2.45) is 0 Å². The standard InChI is InChI=1S/C17H22N4O3/c1-21(2)16-8-5-13(11-18-16)20-17(22)19-10-12-9-14(23-3)6-7-15(12)24-4/h5-9,11H,10H2,1-4H3,(H2,19,20,22). The SMILES string of the molecule is COc1ccc(OC)c(CNC(=O)Nc2ccc(N(C)C)nc2)c1. The average molecular weight is 330 g/mol. The van der Waals surface area contributed by atoms with Crippen LogP contribution < -0.4 is 25.0 Å². The van der Waals surface area contributed by atoms with E-state index in [-0.39, 0.29) is 6.03 Å². The number of amides is 2. The van der Waals surface area contributed by atoms with Gasteiger partial charge in [-0.15, -0.1) is 0 Å². The van der Waals surface area contributed by atoms with Gasteiger partial charge in [-0.25, -0.2) is 9.78 Å². The van der Waals surface area contributed by atoms with Crippen LogP contribution >= 0.6 is 0 Å². The van der Waals surface area contributed by atoms with Crippen molar-refractivity contribution in [3.05, 3.63) is 42.1 Å². The Morgan fingerprint density at radius 3 is 2.54 bits per heavy atom. The summed E-state index contributed by atoms with van der Waals surface area (Å²) in [5, 5.41) is 5.53. The van der Waals surface area contributed by atoms with Crippen molar-refractivity contribution < 1.29 is 14.3 Å². The van der Waals surface area contributed by atoms with Crippen LogP contribution in [0, 0.1) is 0 Å². The van der Waals surface area contributed by atoms with Gasteiger partial charge in [-0.1, -0.05) is 0 Å². The van der Waals surface area contributed by atoms with Crippen molar-refractivity contribution in [3.63, 3.8) is 0 Å². The molecule has 0 fully saturated rings. The Hall–Kier alpha value is -2.96. The van der Waals surface area contributed by atoms with Crippen LogP contribution in [0.25, 0.3) is 0 Å². The minimum atomic E-state index is -0.320. The highest BCUT2D eigenvalue weighted by Gasteiger charge is 2.08. The quantitative estimate of drug-likeness (QED) is 0.851. The van der Waals surface area contributed by atoms with Gasteiger partial charge in [0.2, 0.25) is 0 Å². The highest BCUT2D eigenvalue weighted by Crippen LogP contribution is 2.23. The monoisotopic (exact) mass is 330 g/mol. The second kappa shape index (κ2) is 8.05. The van der Waals surface area contributed by atoms with Crippen LogP contribution in [0.2, 0.25) is 0 Å². The van der Waals surface area contributed by atoms with Gasteiger partial charge in [0.25, 0.3) is 0 Å². The molecule has 0 saturated heterocycles. The van der Waals surface area contributed by atoms with Crippen molar-refractivity contribution in [2.45, 2.75) is 6.54 Å². The summed E-state index contributed by atoms with van der Waals surface area (Å²) < 4.78 is 10.5. The molecule has 7 heteroatoms. The fraction of sp³-hybridized carbons (Fsp3) is 0.294. The molecule has 128 valence electrons. The molecule has 0 aliphatic carbocycles. The van der Waals surface area contributed by atoms with Gasteiger partial charge in [0, 0.05) is 26.2 Å². The molecule has 1 heterocycles. The van der Waals surface area contributed by atoms with Gasteiger partial charge in [0.1, 0.15) is 17.3 Å². The van der Waals surface area contributed by atoms with Crippen molar-refractivity contribution in [1.82, 2.24) is 10.3 Å².